The fourth-order valence-corrected chi connectivity index (χ4v) is 3.33. The fourth-order valence-electron chi connectivity index (χ4n) is 2.14. The number of anilines is 1. The SMILES string of the molecule is CCCc1c(NC)ncnc1SC1CCOCC1. The highest BCUT2D eigenvalue weighted by atomic mass is 32.2. The van der Waals surface area contributed by atoms with Crippen molar-refractivity contribution in [3.05, 3.63) is 11.9 Å². The van der Waals surface area contributed by atoms with E-state index < -0.39 is 0 Å². The molecule has 5 heteroatoms. The average Bonchev–Trinajstić information content (AvgIpc) is 2.42. The first-order valence-electron chi connectivity index (χ1n) is 6.61. The Morgan fingerprint density at radius 3 is 2.83 bits per heavy atom. The highest BCUT2D eigenvalue weighted by Gasteiger charge is 2.18. The van der Waals surface area contributed by atoms with Crippen LogP contribution in [0, 0.1) is 0 Å². The first kappa shape index (κ1) is 13.6. The summed E-state index contributed by atoms with van der Waals surface area (Å²) in [4.78, 5) is 8.78. The summed E-state index contributed by atoms with van der Waals surface area (Å²) < 4.78 is 5.40. The van der Waals surface area contributed by atoms with Crippen LogP contribution in [0.5, 0.6) is 0 Å². The van der Waals surface area contributed by atoms with Crippen LogP contribution in [0.1, 0.15) is 31.7 Å². The minimum absolute atomic E-state index is 0.633. The maximum absolute atomic E-state index is 5.40. The van der Waals surface area contributed by atoms with Crippen LogP contribution in [-0.2, 0) is 11.2 Å². The smallest absolute Gasteiger partial charge is 0.133 e. The van der Waals surface area contributed by atoms with E-state index in [4.69, 9.17) is 4.74 Å². The molecule has 1 saturated heterocycles. The lowest BCUT2D eigenvalue weighted by Gasteiger charge is -2.22. The van der Waals surface area contributed by atoms with Gasteiger partial charge in [0.1, 0.15) is 17.2 Å². The van der Waals surface area contributed by atoms with E-state index in [0.29, 0.717) is 5.25 Å². The molecule has 2 heterocycles. The predicted octanol–water partition coefficient (Wildman–Crippen LogP) is 2.74. The zero-order valence-electron chi connectivity index (χ0n) is 11.1. The molecule has 0 unspecified atom stereocenters. The molecule has 4 nitrogen and oxygen atoms in total. The van der Waals surface area contributed by atoms with Crippen LogP contribution >= 0.6 is 11.8 Å². The van der Waals surface area contributed by atoms with E-state index in [9.17, 15) is 0 Å². The molecule has 0 spiro atoms. The quantitative estimate of drug-likeness (QED) is 0.831. The van der Waals surface area contributed by atoms with Gasteiger partial charge in [-0.3, -0.25) is 0 Å². The molecule has 1 aromatic rings. The zero-order chi connectivity index (χ0) is 12.8. The molecular weight excluding hydrogens is 246 g/mol. The van der Waals surface area contributed by atoms with Crippen LogP contribution in [0.3, 0.4) is 0 Å². The number of aromatic nitrogens is 2. The van der Waals surface area contributed by atoms with Gasteiger partial charge >= 0.3 is 0 Å². The van der Waals surface area contributed by atoms with E-state index in [1.807, 2.05) is 18.8 Å². The minimum atomic E-state index is 0.633. The van der Waals surface area contributed by atoms with E-state index in [-0.39, 0.29) is 0 Å². The lowest BCUT2D eigenvalue weighted by Crippen LogP contribution is -2.18. The molecule has 0 bridgehead atoms. The molecule has 0 aliphatic carbocycles. The Balaban J connectivity index is 2.14. The molecule has 1 fully saturated rings. The van der Waals surface area contributed by atoms with Crippen molar-refractivity contribution in [3.63, 3.8) is 0 Å². The van der Waals surface area contributed by atoms with Crippen molar-refractivity contribution in [2.24, 2.45) is 0 Å². The Labute approximate surface area is 113 Å². The Hall–Kier alpha value is -0.810. The normalized spacial score (nSPS) is 16.8. The number of hydrogen-bond donors (Lipinski definition) is 1. The Morgan fingerprint density at radius 1 is 1.39 bits per heavy atom. The van der Waals surface area contributed by atoms with Gasteiger partial charge in [-0.1, -0.05) is 13.3 Å². The van der Waals surface area contributed by atoms with Gasteiger partial charge in [-0.2, -0.15) is 0 Å². The first-order chi connectivity index (χ1) is 8.85. The Bertz CT molecular complexity index is 380. The molecule has 0 radical (unpaired) electrons. The molecule has 0 saturated carbocycles. The molecule has 100 valence electrons. The summed E-state index contributed by atoms with van der Waals surface area (Å²) in [6.45, 7) is 3.95. The molecule has 2 rings (SSSR count). The van der Waals surface area contributed by atoms with Crippen LogP contribution in [-0.4, -0.2) is 35.5 Å². The summed E-state index contributed by atoms with van der Waals surface area (Å²) in [6.07, 6.45) is 6.04. The van der Waals surface area contributed by atoms with Gasteiger partial charge in [0.25, 0.3) is 0 Å². The van der Waals surface area contributed by atoms with Gasteiger partial charge in [0.15, 0.2) is 0 Å². The summed E-state index contributed by atoms with van der Waals surface area (Å²) in [5.41, 5.74) is 1.26. The molecule has 18 heavy (non-hydrogen) atoms. The van der Waals surface area contributed by atoms with E-state index in [1.165, 1.54) is 5.56 Å². The van der Waals surface area contributed by atoms with Crippen molar-refractivity contribution < 1.29 is 4.74 Å². The topological polar surface area (TPSA) is 47.0 Å². The van der Waals surface area contributed by atoms with Crippen molar-refractivity contribution >= 4 is 17.6 Å². The summed E-state index contributed by atoms with van der Waals surface area (Å²) in [5.74, 6) is 0.974. The van der Waals surface area contributed by atoms with Gasteiger partial charge in [-0.25, -0.2) is 9.97 Å². The number of hydrogen-bond acceptors (Lipinski definition) is 5. The molecule has 1 aromatic heterocycles. The third-order valence-corrected chi connectivity index (χ3v) is 4.47. The molecule has 1 aliphatic heterocycles. The van der Waals surface area contributed by atoms with Crippen molar-refractivity contribution in [2.75, 3.05) is 25.6 Å². The van der Waals surface area contributed by atoms with Crippen LogP contribution in [0.4, 0.5) is 5.82 Å². The second kappa shape index (κ2) is 6.95. The molecule has 0 aromatic carbocycles. The standard InChI is InChI=1S/C13H21N3OS/c1-3-4-11-12(14-2)15-9-16-13(11)18-10-5-7-17-8-6-10/h9-10H,3-8H2,1-2H3,(H,14,15,16). The summed E-state index contributed by atoms with van der Waals surface area (Å²) in [6, 6.07) is 0. The largest absolute Gasteiger partial charge is 0.381 e. The van der Waals surface area contributed by atoms with Crippen LogP contribution in [0.25, 0.3) is 0 Å². The van der Waals surface area contributed by atoms with Crippen molar-refractivity contribution in [2.45, 2.75) is 42.9 Å². The molecule has 0 atom stereocenters. The highest BCUT2D eigenvalue weighted by molar-refractivity contribution is 7.99. The van der Waals surface area contributed by atoms with Gasteiger partial charge in [-0.15, -0.1) is 11.8 Å². The summed E-state index contributed by atoms with van der Waals surface area (Å²) in [7, 11) is 1.92. The zero-order valence-corrected chi connectivity index (χ0v) is 11.9. The number of rotatable bonds is 5. The summed E-state index contributed by atoms with van der Waals surface area (Å²) >= 11 is 1.89. The maximum Gasteiger partial charge on any atom is 0.133 e. The van der Waals surface area contributed by atoms with Crippen LogP contribution < -0.4 is 5.32 Å². The van der Waals surface area contributed by atoms with E-state index in [1.54, 1.807) is 6.33 Å². The third kappa shape index (κ3) is 3.36. The van der Waals surface area contributed by atoms with Gasteiger partial charge in [0.2, 0.25) is 0 Å². The third-order valence-electron chi connectivity index (χ3n) is 3.09. The molecule has 1 N–H and O–H groups in total. The van der Waals surface area contributed by atoms with E-state index in [0.717, 1.165) is 49.7 Å². The van der Waals surface area contributed by atoms with Crippen molar-refractivity contribution in [1.82, 2.24) is 9.97 Å². The maximum atomic E-state index is 5.40. The highest BCUT2D eigenvalue weighted by Crippen LogP contribution is 2.33. The van der Waals surface area contributed by atoms with Gasteiger partial charge in [0, 0.05) is 31.1 Å². The Morgan fingerprint density at radius 2 is 2.17 bits per heavy atom. The van der Waals surface area contributed by atoms with Gasteiger partial charge in [-0.05, 0) is 19.3 Å². The second-order valence-corrected chi connectivity index (χ2v) is 5.72. The molecule has 0 amide bonds. The summed E-state index contributed by atoms with van der Waals surface area (Å²) in [5, 5.41) is 4.94. The average molecular weight is 267 g/mol. The monoisotopic (exact) mass is 267 g/mol. The fraction of sp³-hybridized carbons (Fsp3) is 0.692. The van der Waals surface area contributed by atoms with Crippen LogP contribution in [0.15, 0.2) is 11.4 Å². The van der Waals surface area contributed by atoms with Gasteiger partial charge in [0.05, 0.1) is 0 Å². The number of ether oxygens (including phenoxy) is 1. The van der Waals surface area contributed by atoms with Crippen molar-refractivity contribution in [1.29, 1.82) is 0 Å². The second-order valence-electron chi connectivity index (χ2n) is 4.44. The number of thioether (sulfide) groups is 1. The molecular formula is C13H21N3OS. The molecule has 1 aliphatic rings. The minimum Gasteiger partial charge on any atom is -0.381 e. The van der Waals surface area contributed by atoms with E-state index >= 15 is 0 Å². The lowest BCUT2D eigenvalue weighted by atomic mass is 10.2. The lowest BCUT2D eigenvalue weighted by molar-refractivity contribution is 0.1000. The number of nitrogens with zero attached hydrogens (tertiary/aromatic N) is 2. The number of nitrogens with one attached hydrogen (secondary N) is 1. The Kier molecular flexibility index (Phi) is 5.26. The first-order valence-corrected chi connectivity index (χ1v) is 7.49. The van der Waals surface area contributed by atoms with Crippen molar-refractivity contribution in [3.8, 4) is 0 Å². The predicted molar refractivity (Wildman–Crippen MR) is 75.3 cm³/mol. The van der Waals surface area contributed by atoms with Crippen LogP contribution in [0.2, 0.25) is 0 Å². The van der Waals surface area contributed by atoms with Gasteiger partial charge < -0.3 is 10.1 Å². The van der Waals surface area contributed by atoms with E-state index in [2.05, 4.69) is 22.2 Å².